The molecule has 5 heteroatoms. The van der Waals surface area contributed by atoms with Gasteiger partial charge in [-0.05, 0) is 38.0 Å². The van der Waals surface area contributed by atoms with E-state index in [2.05, 4.69) is 14.8 Å². The number of nitrogens with zero attached hydrogens (tertiary/aromatic N) is 3. The van der Waals surface area contributed by atoms with E-state index in [4.69, 9.17) is 5.73 Å². The summed E-state index contributed by atoms with van der Waals surface area (Å²) in [5.41, 5.74) is 6.35. The van der Waals surface area contributed by atoms with Gasteiger partial charge in [-0.3, -0.25) is 0 Å². The number of nitrogens with two attached hydrogens (primary N) is 1. The van der Waals surface area contributed by atoms with Gasteiger partial charge in [0.25, 0.3) is 0 Å². The van der Waals surface area contributed by atoms with Gasteiger partial charge >= 0.3 is 0 Å². The van der Waals surface area contributed by atoms with E-state index in [0.717, 1.165) is 30.1 Å². The number of hydrogen-bond donors (Lipinski definition) is 1. The van der Waals surface area contributed by atoms with Gasteiger partial charge in [-0.2, -0.15) is 0 Å². The second-order valence-electron chi connectivity index (χ2n) is 4.41. The average Bonchev–Trinajstić information content (AvgIpc) is 3.06. The first-order chi connectivity index (χ1) is 8.16. The van der Waals surface area contributed by atoms with Gasteiger partial charge in [-0.1, -0.05) is 0 Å². The van der Waals surface area contributed by atoms with Gasteiger partial charge in [0.05, 0.1) is 5.69 Å². The molecule has 1 fully saturated rings. The van der Waals surface area contributed by atoms with Crippen molar-refractivity contribution in [3.63, 3.8) is 0 Å². The van der Waals surface area contributed by atoms with Crippen LogP contribution >= 0.6 is 0 Å². The summed E-state index contributed by atoms with van der Waals surface area (Å²) in [5, 5.41) is 8.19. The predicted molar refractivity (Wildman–Crippen MR) is 62.8 cm³/mol. The van der Waals surface area contributed by atoms with Crippen LogP contribution in [0.15, 0.2) is 18.2 Å². The SMILES string of the molecule is Cc1nnc(-c2ccc(N)c(F)c2)n1C1CC1. The molecule has 2 aromatic rings. The molecule has 17 heavy (non-hydrogen) atoms. The molecular formula is C12H13FN4. The summed E-state index contributed by atoms with van der Waals surface area (Å²) in [6.45, 7) is 1.92. The summed E-state index contributed by atoms with van der Waals surface area (Å²) in [4.78, 5) is 0. The van der Waals surface area contributed by atoms with Crippen molar-refractivity contribution in [2.75, 3.05) is 5.73 Å². The van der Waals surface area contributed by atoms with Crippen molar-refractivity contribution in [1.82, 2.24) is 14.8 Å². The zero-order valence-corrected chi connectivity index (χ0v) is 9.52. The average molecular weight is 232 g/mol. The summed E-state index contributed by atoms with van der Waals surface area (Å²) < 4.78 is 15.5. The Balaban J connectivity index is 2.11. The van der Waals surface area contributed by atoms with E-state index in [1.54, 1.807) is 12.1 Å². The predicted octanol–water partition coefficient (Wildman–Crippen LogP) is 2.31. The molecule has 0 bridgehead atoms. The van der Waals surface area contributed by atoms with Crippen molar-refractivity contribution in [2.45, 2.75) is 25.8 Å². The zero-order chi connectivity index (χ0) is 12.0. The number of hydrogen-bond acceptors (Lipinski definition) is 3. The minimum Gasteiger partial charge on any atom is -0.396 e. The first kappa shape index (κ1) is 10.3. The molecule has 0 atom stereocenters. The quantitative estimate of drug-likeness (QED) is 0.808. The van der Waals surface area contributed by atoms with Crippen LogP contribution < -0.4 is 5.73 Å². The molecule has 1 aliphatic rings. The number of benzene rings is 1. The van der Waals surface area contributed by atoms with Crippen molar-refractivity contribution in [2.24, 2.45) is 0 Å². The summed E-state index contributed by atoms with van der Waals surface area (Å²) in [7, 11) is 0. The molecule has 0 saturated heterocycles. The molecule has 0 unspecified atom stereocenters. The van der Waals surface area contributed by atoms with Crippen molar-refractivity contribution < 1.29 is 4.39 Å². The van der Waals surface area contributed by atoms with Crippen LogP contribution in [0.25, 0.3) is 11.4 Å². The van der Waals surface area contributed by atoms with Crippen LogP contribution in [0.1, 0.15) is 24.7 Å². The topological polar surface area (TPSA) is 56.7 Å². The van der Waals surface area contributed by atoms with Crippen LogP contribution in [0, 0.1) is 12.7 Å². The van der Waals surface area contributed by atoms with Gasteiger partial charge in [-0.15, -0.1) is 10.2 Å². The fourth-order valence-corrected chi connectivity index (χ4v) is 2.00. The molecule has 1 aromatic heterocycles. The maximum Gasteiger partial charge on any atom is 0.164 e. The van der Waals surface area contributed by atoms with Crippen molar-refractivity contribution in [3.05, 3.63) is 29.8 Å². The van der Waals surface area contributed by atoms with Gasteiger partial charge in [-0.25, -0.2) is 4.39 Å². The Morgan fingerprint density at radius 1 is 1.35 bits per heavy atom. The summed E-state index contributed by atoms with van der Waals surface area (Å²) in [6, 6.07) is 5.23. The molecule has 88 valence electrons. The smallest absolute Gasteiger partial charge is 0.164 e. The molecule has 1 saturated carbocycles. The first-order valence-electron chi connectivity index (χ1n) is 5.63. The second kappa shape index (κ2) is 3.55. The summed E-state index contributed by atoms with van der Waals surface area (Å²) in [5.74, 6) is 1.19. The zero-order valence-electron chi connectivity index (χ0n) is 9.52. The highest BCUT2D eigenvalue weighted by Gasteiger charge is 2.28. The molecule has 4 nitrogen and oxygen atoms in total. The molecule has 0 radical (unpaired) electrons. The van der Waals surface area contributed by atoms with Crippen LogP contribution in [0.3, 0.4) is 0 Å². The lowest BCUT2D eigenvalue weighted by molar-refractivity contribution is 0.632. The van der Waals surface area contributed by atoms with Gasteiger partial charge in [0.1, 0.15) is 11.6 Å². The van der Waals surface area contributed by atoms with Gasteiger partial charge in [0.2, 0.25) is 0 Å². The van der Waals surface area contributed by atoms with Gasteiger partial charge < -0.3 is 10.3 Å². The minimum atomic E-state index is -0.412. The number of rotatable bonds is 2. The van der Waals surface area contributed by atoms with E-state index in [9.17, 15) is 4.39 Å². The Labute approximate surface area is 98.3 Å². The van der Waals surface area contributed by atoms with Crippen molar-refractivity contribution in [3.8, 4) is 11.4 Å². The molecule has 1 heterocycles. The largest absolute Gasteiger partial charge is 0.396 e. The van der Waals surface area contributed by atoms with Crippen LogP contribution in [-0.4, -0.2) is 14.8 Å². The molecule has 0 amide bonds. The summed E-state index contributed by atoms with van der Waals surface area (Å²) in [6.07, 6.45) is 2.28. The fraction of sp³-hybridized carbons (Fsp3) is 0.333. The Kier molecular flexibility index (Phi) is 2.14. The molecule has 1 aromatic carbocycles. The molecule has 3 rings (SSSR count). The normalized spacial score (nSPS) is 15.2. The van der Waals surface area contributed by atoms with E-state index < -0.39 is 5.82 Å². The Hall–Kier alpha value is -1.91. The van der Waals surface area contributed by atoms with E-state index in [1.807, 2.05) is 6.92 Å². The van der Waals surface area contributed by atoms with Gasteiger partial charge in [0, 0.05) is 11.6 Å². The number of nitrogen functional groups attached to an aromatic ring is 1. The molecule has 0 spiro atoms. The van der Waals surface area contributed by atoms with Crippen LogP contribution in [0.4, 0.5) is 10.1 Å². The standard InChI is InChI=1S/C12H13FN4/c1-7-15-16-12(17(7)9-3-4-9)8-2-5-11(14)10(13)6-8/h2,5-6,9H,3-4,14H2,1H3. The molecular weight excluding hydrogens is 219 g/mol. The molecule has 0 aliphatic heterocycles. The Bertz CT molecular complexity index is 572. The molecule has 2 N–H and O–H groups in total. The highest BCUT2D eigenvalue weighted by Crippen LogP contribution is 2.38. The van der Waals surface area contributed by atoms with Crippen molar-refractivity contribution >= 4 is 5.69 Å². The van der Waals surface area contributed by atoms with Gasteiger partial charge in [0.15, 0.2) is 5.82 Å². The summed E-state index contributed by atoms with van der Waals surface area (Å²) >= 11 is 0. The van der Waals surface area contributed by atoms with E-state index in [1.165, 1.54) is 6.07 Å². The van der Waals surface area contributed by atoms with Crippen LogP contribution in [0.5, 0.6) is 0 Å². The third kappa shape index (κ3) is 1.67. The number of aryl methyl sites for hydroxylation is 1. The first-order valence-corrected chi connectivity index (χ1v) is 5.63. The maximum absolute atomic E-state index is 13.4. The highest BCUT2D eigenvalue weighted by atomic mass is 19.1. The maximum atomic E-state index is 13.4. The monoisotopic (exact) mass is 232 g/mol. The fourth-order valence-electron chi connectivity index (χ4n) is 2.00. The second-order valence-corrected chi connectivity index (χ2v) is 4.41. The lowest BCUT2D eigenvalue weighted by atomic mass is 10.2. The number of anilines is 1. The van der Waals surface area contributed by atoms with Crippen molar-refractivity contribution in [1.29, 1.82) is 0 Å². The number of aromatic nitrogens is 3. The van der Waals surface area contributed by atoms with E-state index in [-0.39, 0.29) is 5.69 Å². The Morgan fingerprint density at radius 2 is 2.12 bits per heavy atom. The van der Waals surface area contributed by atoms with Crippen LogP contribution in [-0.2, 0) is 0 Å². The van der Waals surface area contributed by atoms with Crippen LogP contribution in [0.2, 0.25) is 0 Å². The lowest BCUT2D eigenvalue weighted by Crippen LogP contribution is -2.00. The van der Waals surface area contributed by atoms with E-state index >= 15 is 0 Å². The van der Waals surface area contributed by atoms with E-state index in [0.29, 0.717) is 6.04 Å². The highest BCUT2D eigenvalue weighted by molar-refractivity contribution is 5.60. The third-order valence-corrected chi connectivity index (χ3v) is 3.04. The number of halogens is 1. The minimum absolute atomic E-state index is 0.156. The Morgan fingerprint density at radius 3 is 2.76 bits per heavy atom. The third-order valence-electron chi connectivity index (χ3n) is 3.04. The molecule has 1 aliphatic carbocycles. The lowest BCUT2D eigenvalue weighted by Gasteiger charge is -2.07.